The summed E-state index contributed by atoms with van der Waals surface area (Å²) in [6, 6.07) is 2.51. The lowest BCUT2D eigenvalue weighted by Gasteiger charge is -2.09. The first kappa shape index (κ1) is 14.1. The molecular weight excluding hydrogens is 267 g/mol. The Morgan fingerprint density at radius 1 is 1.47 bits per heavy atom. The summed E-state index contributed by atoms with van der Waals surface area (Å²) >= 11 is 5.55. The number of sulfone groups is 1. The smallest absolute Gasteiger partial charge is 0.147 e. The van der Waals surface area contributed by atoms with Gasteiger partial charge in [-0.2, -0.15) is 0 Å². The number of hydrogen-bond donors (Lipinski definition) is 2. The van der Waals surface area contributed by atoms with Gasteiger partial charge in [0, 0.05) is 18.9 Å². The first-order valence-electron chi connectivity index (χ1n) is 4.96. The number of anilines is 2. The van der Waals surface area contributed by atoms with E-state index in [0.29, 0.717) is 24.3 Å². The molecule has 0 heterocycles. The van der Waals surface area contributed by atoms with E-state index in [4.69, 9.17) is 17.3 Å². The van der Waals surface area contributed by atoms with Crippen molar-refractivity contribution in [3.8, 4) is 0 Å². The molecule has 1 aromatic rings. The Morgan fingerprint density at radius 2 is 2.12 bits per heavy atom. The van der Waals surface area contributed by atoms with E-state index in [0.717, 1.165) is 0 Å². The van der Waals surface area contributed by atoms with Gasteiger partial charge in [-0.3, -0.25) is 0 Å². The third kappa shape index (κ3) is 4.79. The topological polar surface area (TPSA) is 72.2 Å². The fourth-order valence-electron chi connectivity index (χ4n) is 1.27. The zero-order chi connectivity index (χ0) is 13.1. The second-order valence-corrected chi connectivity index (χ2v) is 6.43. The van der Waals surface area contributed by atoms with Crippen molar-refractivity contribution in [3.05, 3.63) is 23.0 Å². The SMILES string of the molecule is CS(=O)(=O)CCCNc1cc(F)c(Cl)cc1N. The zero-order valence-corrected chi connectivity index (χ0v) is 10.9. The Balaban J connectivity index is 2.55. The van der Waals surface area contributed by atoms with Crippen LogP contribution in [0.15, 0.2) is 12.1 Å². The predicted octanol–water partition coefficient (Wildman–Crippen LogP) is 1.91. The molecule has 4 nitrogen and oxygen atoms in total. The van der Waals surface area contributed by atoms with Crippen LogP contribution in [0.5, 0.6) is 0 Å². The van der Waals surface area contributed by atoms with Crippen LogP contribution in [0.1, 0.15) is 6.42 Å². The Kier molecular flexibility index (Phi) is 4.59. The first-order chi connectivity index (χ1) is 7.79. The molecule has 0 saturated heterocycles. The van der Waals surface area contributed by atoms with Crippen molar-refractivity contribution in [1.29, 1.82) is 0 Å². The minimum Gasteiger partial charge on any atom is -0.397 e. The monoisotopic (exact) mass is 280 g/mol. The van der Waals surface area contributed by atoms with Crippen molar-refractivity contribution in [2.75, 3.05) is 29.6 Å². The molecule has 0 fully saturated rings. The van der Waals surface area contributed by atoms with Crippen LogP contribution >= 0.6 is 11.6 Å². The van der Waals surface area contributed by atoms with Gasteiger partial charge in [0.15, 0.2) is 0 Å². The van der Waals surface area contributed by atoms with Gasteiger partial charge in [-0.15, -0.1) is 0 Å². The maximum absolute atomic E-state index is 13.1. The van der Waals surface area contributed by atoms with Gasteiger partial charge in [0.05, 0.1) is 22.2 Å². The van der Waals surface area contributed by atoms with Gasteiger partial charge < -0.3 is 11.1 Å². The normalized spacial score (nSPS) is 11.5. The molecule has 96 valence electrons. The summed E-state index contributed by atoms with van der Waals surface area (Å²) in [5.74, 6) is -0.484. The highest BCUT2D eigenvalue weighted by atomic mass is 35.5. The molecule has 0 bridgehead atoms. The van der Waals surface area contributed by atoms with Crippen molar-refractivity contribution >= 4 is 32.8 Å². The number of halogens is 2. The molecule has 7 heteroatoms. The quantitative estimate of drug-likeness (QED) is 0.638. The Labute approximate surface area is 105 Å². The molecule has 0 radical (unpaired) electrons. The number of nitrogen functional groups attached to an aromatic ring is 1. The van der Waals surface area contributed by atoms with Gasteiger partial charge in [-0.1, -0.05) is 11.6 Å². The zero-order valence-electron chi connectivity index (χ0n) is 9.33. The van der Waals surface area contributed by atoms with E-state index in [2.05, 4.69) is 5.32 Å². The number of rotatable bonds is 5. The summed E-state index contributed by atoms with van der Waals surface area (Å²) in [4.78, 5) is 0. The molecule has 17 heavy (non-hydrogen) atoms. The Bertz CT molecular complexity index is 505. The summed E-state index contributed by atoms with van der Waals surface area (Å²) in [5.41, 5.74) is 6.37. The molecule has 0 unspecified atom stereocenters. The van der Waals surface area contributed by atoms with Crippen molar-refractivity contribution in [2.45, 2.75) is 6.42 Å². The average molecular weight is 281 g/mol. The van der Waals surface area contributed by atoms with Crippen LogP contribution in [0.2, 0.25) is 5.02 Å². The minimum absolute atomic E-state index is 0.0378. The van der Waals surface area contributed by atoms with E-state index in [1.807, 2.05) is 0 Å². The maximum atomic E-state index is 13.1. The molecule has 1 aromatic carbocycles. The van der Waals surface area contributed by atoms with Crippen molar-refractivity contribution < 1.29 is 12.8 Å². The van der Waals surface area contributed by atoms with Gasteiger partial charge in [-0.25, -0.2) is 12.8 Å². The molecule has 0 aliphatic rings. The lowest BCUT2D eigenvalue weighted by atomic mass is 10.2. The van der Waals surface area contributed by atoms with Crippen LogP contribution in [0.3, 0.4) is 0 Å². The van der Waals surface area contributed by atoms with Gasteiger partial charge in [-0.05, 0) is 12.5 Å². The molecule has 3 N–H and O–H groups in total. The number of hydrogen-bond acceptors (Lipinski definition) is 4. The highest BCUT2D eigenvalue weighted by Crippen LogP contribution is 2.25. The summed E-state index contributed by atoms with van der Waals surface area (Å²) < 4.78 is 34.9. The van der Waals surface area contributed by atoms with Crippen LogP contribution in [-0.2, 0) is 9.84 Å². The van der Waals surface area contributed by atoms with Crippen LogP contribution in [-0.4, -0.2) is 27.0 Å². The van der Waals surface area contributed by atoms with E-state index >= 15 is 0 Å². The van der Waals surface area contributed by atoms with Gasteiger partial charge in [0.1, 0.15) is 15.7 Å². The van der Waals surface area contributed by atoms with Crippen molar-refractivity contribution in [2.24, 2.45) is 0 Å². The van der Waals surface area contributed by atoms with Crippen LogP contribution in [0.4, 0.5) is 15.8 Å². The van der Waals surface area contributed by atoms with Gasteiger partial charge in [0.2, 0.25) is 0 Å². The van der Waals surface area contributed by atoms with Crippen LogP contribution in [0, 0.1) is 5.82 Å². The molecule has 1 rings (SSSR count). The third-order valence-electron chi connectivity index (χ3n) is 2.10. The van der Waals surface area contributed by atoms with Crippen molar-refractivity contribution in [1.82, 2.24) is 0 Å². The third-order valence-corrected chi connectivity index (χ3v) is 3.42. The largest absolute Gasteiger partial charge is 0.397 e. The van der Waals surface area contributed by atoms with Crippen LogP contribution < -0.4 is 11.1 Å². The molecule has 0 aliphatic carbocycles. The molecular formula is C10H14ClFN2O2S. The summed E-state index contributed by atoms with van der Waals surface area (Å²) in [6.45, 7) is 0.401. The second kappa shape index (κ2) is 5.55. The van der Waals surface area contributed by atoms with E-state index in [1.54, 1.807) is 0 Å². The molecule has 0 saturated carbocycles. The first-order valence-corrected chi connectivity index (χ1v) is 7.39. The molecule has 0 aliphatic heterocycles. The number of nitrogens with two attached hydrogens (primary N) is 1. The lowest BCUT2D eigenvalue weighted by Crippen LogP contribution is -2.10. The summed E-state index contributed by atoms with van der Waals surface area (Å²) in [6.07, 6.45) is 1.60. The molecule has 0 spiro atoms. The van der Waals surface area contributed by atoms with Gasteiger partial charge >= 0.3 is 0 Å². The number of nitrogens with one attached hydrogen (secondary N) is 1. The fraction of sp³-hybridized carbons (Fsp3) is 0.400. The summed E-state index contributed by atoms with van der Waals surface area (Å²) in [5, 5.41) is 2.83. The van der Waals surface area contributed by atoms with Gasteiger partial charge in [0.25, 0.3) is 0 Å². The average Bonchev–Trinajstić information content (AvgIpc) is 2.18. The van der Waals surface area contributed by atoms with E-state index in [1.165, 1.54) is 18.4 Å². The molecule has 0 aromatic heterocycles. The van der Waals surface area contributed by atoms with Crippen LogP contribution in [0.25, 0.3) is 0 Å². The van der Waals surface area contributed by atoms with E-state index in [9.17, 15) is 12.8 Å². The minimum atomic E-state index is -2.97. The van der Waals surface area contributed by atoms with E-state index < -0.39 is 15.7 Å². The summed E-state index contributed by atoms with van der Waals surface area (Å²) in [7, 11) is -2.97. The Morgan fingerprint density at radius 3 is 2.71 bits per heavy atom. The highest BCUT2D eigenvalue weighted by Gasteiger charge is 2.06. The highest BCUT2D eigenvalue weighted by molar-refractivity contribution is 7.90. The molecule has 0 amide bonds. The number of benzene rings is 1. The Hall–Kier alpha value is -1.01. The van der Waals surface area contributed by atoms with Crippen molar-refractivity contribution in [3.63, 3.8) is 0 Å². The lowest BCUT2D eigenvalue weighted by molar-refractivity contribution is 0.600. The predicted molar refractivity (Wildman–Crippen MR) is 68.6 cm³/mol. The molecule has 0 atom stereocenters. The standard InChI is InChI=1S/C10H14ClFN2O2S/c1-17(15,16)4-2-3-14-10-6-8(12)7(11)5-9(10)13/h5-6,14H,2-4,13H2,1H3. The maximum Gasteiger partial charge on any atom is 0.147 e. The second-order valence-electron chi connectivity index (χ2n) is 3.76. The fourth-order valence-corrected chi connectivity index (χ4v) is 2.11. The van der Waals surface area contributed by atoms with E-state index in [-0.39, 0.29) is 10.8 Å².